The first kappa shape index (κ1) is 38.5. The number of aliphatic carboxylic acids is 1. The summed E-state index contributed by atoms with van der Waals surface area (Å²) in [6.07, 6.45) is -0.0741. The SMILES string of the molecule is O=C(O)CC(S)C(=O)NCCOCCOCCOCCOCCOCCOCCC(=O)Nc1cccc(Sc2ccccc2)c1. The van der Waals surface area contributed by atoms with E-state index in [0.717, 1.165) is 15.5 Å². The lowest BCUT2D eigenvalue weighted by atomic mass is 10.3. The third-order valence-electron chi connectivity index (χ3n) is 5.65. The number of hydrogen-bond acceptors (Lipinski definition) is 11. The largest absolute Gasteiger partial charge is 0.481 e. The Morgan fingerprint density at radius 1 is 0.689 bits per heavy atom. The molecular weight excluding hydrogens is 624 g/mol. The third kappa shape index (κ3) is 20.9. The van der Waals surface area contributed by atoms with E-state index in [4.69, 9.17) is 33.5 Å². The van der Waals surface area contributed by atoms with Gasteiger partial charge in [0, 0.05) is 22.0 Å². The zero-order valence-corrected chi connectivity index (χ0v) is 27.1. The van der Waals surface area contributed by atoms with E-state index in [-0.39, 0.29) is 31.9 Å². The lowest BCUT2D eigenvalue weighted by Gasteiger charge is -2.10. The predicted octanol–water partition coefficient (Wildman–Crippen LogP) is 3.16. The number of carbonyl (C=O) groups is 3. The minimum atomic E-state index is -1.08. The summed E-state index contributed by atoms with van der Waals surface area (Å²) in [6, 6.07) is 17.8. The molecule has 0 aliphatic carbocycles. The van der Waals surface area contributed by atoms with E-state index in [2.05, 4.69) is 23.3 Å². The van der Waals surface area contributed by atoms with Gasteiger partial charge in [0.15, 0.2) is 0 Å². The molecule has 1 atom stereocenters. The molecular formula is C31H44N2O10S2. The van der Waals surface area contributed by atoms with Crippen LogP contribution in [0.1, 0.15) is 12.8 Å². The monoisotopic (exact) mass is 668 g/mol. The number of nitrogens with one attached hydrogen (secondary N) is 2. The molecule has 2 aromatic carbocycles. The summed E-state index contributed by atoms with van der Waals surface area (Å²) in [6.45, 7) is 5.04. The van der Waals surface area contributed by atoms with Crippen molar-refractivity contribution in [1.29, 1.82) is 0 Å². The summed E-state index contributed by atoms with van der Waals surface area (Å²) in [5.41, 5.74) is 0.757. The molecule has 0 fully saturated rings. The summed E-state index contributed by atoms with van der Waals surface area (Å²) in [4.78, 5) is 36.6. The second-order valence-corrected chi connectivity index (χ2v) is 11.1. The number of ether oxygens (including phenoxy) is 6. The Labute approximate surface area is 274 Å². The van der Waals surface area contributed by atoms with Gasteiger partial charge in [0.25, 0.3) is 0 Å². The van der Waals surface area contributed by atoms with Crippen molar-refractivity contribution in [3.05, 3.63) is 54.6 Å². The summed E-state index contributed by atoms with van der Waals surface area (Å²) in [7, 11) is 0. The van der Waals surface area contributed by atoms with Crippen molar-refractivity contribution in [2.45, 2.75) is 27.9 Å². The molecule has 0 aliphatic heterocycles. The van der Waals surface area contributed by atoms with E-state index in [1.54, 1.807) is 11.8 Å². The number of carboxylic acid groups (broad SMARTS) is 1. The van der Waals surface area contributed by atoms with Crippen LogP contribution in [0.4, 0.5) is 5.69 Å². The maximum atomic E-state index is 12.2. The number of thiol groups is 1. The zero-order chi connectivity index (χ0) is 32.4. The summed E-state index contributed by atoms with van der Waals surface area (Å²) in [5.74, 6) is -1.62. The van der Waals surface area contributed by atoms with E-state index in [0.29, 0.717) is 72.7 Å². The van der Waals surface area contributed by atoms with Gasteiger partial charge in [-0.15, -0.1) is 0 Å². The molecule has 0 bridgehead atoms. The standard InChI is InChI=1S/C31H44N2O10S2/c34-29(33-25-5-4-8-27(23-25)45-26-6-2-1-3-7-26)9-11-38-13-15-40-17-19-42-21-22-43-20-18-41-16-14-39-12-10-32-31(37)28(44)24-30(35)36/h1-8,23,28,44H,9-22,24H2,(H,32,37)(H,33,34)(H,35,36). The van der Waals surface area contributed by atoms with Crippen LogP contribution in [0, 0.1) is 0 Å². The van der Waals surface area contributed by atoms with Gasteiger partial charge in [-0.3, -0.25) is 14.4 Å². The smallest absolute Gasteiger partial charge is 0.304 e. The first-order valence-electron chi connectivity index (χ1n) is 14.7. The Morgan fingerprint density at radius 2 is 1.20 bits per heavy atom. The first-order valence-corrected chi connectivity index (χ1v) is 16.0. The molecule has 250 valence electrons. The van der Waals surface area contributed by atoms with E-state index in [1.165, 1.54) is 0 Å². The Bertz CT molecular complexity index is 1100. The number of hydrogen-bond donors (Lipinski definition) is 4. The Morgan fingerprint density at radius 3 is 1.76 bits per heavy atom. The van der Waals surface area contributed by atoms with Crippen LogP contribution in [0.3, 0.4) is 0 Å². The second-order valence-electron chi connectivity index (χ2n) is 9.32. The third-order valence-corrected chi connectivity index (χ3v) is 7.06. The summed E-state index contributed by atoms with van der Waals surface area (Å²) < 4.78 is 32.6. The summed E-state index contributed by atoms with van der Waals surface area (Å²) >= 11 is 5.58. The van der Waals surface area contributed by atoms with Gasteiger partial charge >= 0.3 is 5.97 Å². The molecule has 0 heterocycles. The number of anilines is 1. The van der Waals surface area contributed by atoms with Gasteiger partial charge in [-0.1, -0.05) is 36.0 Å². The number of benzene rings is 2. The van der Waals surface area contributed by atoms with Crippen molar-refractivity contribution >= 4 is 47.9 Å². The van der Waals surface area contributed by atoms with Crippen LogP contribution >= 0.6 is 24.4 Å². The van der Waals surface area contributed by atoms with Gasteiger partial charge in [-0.25, -0.2) is 0 Å². The van der Waals surface area contributed by atoms with Gasteiger partial charge in [0.05, 0.1) is 97.4 Å². The highest BCUT2D eigenvalue weighted by Gasteiger charge is 2.16. The van der Waals surface area contributed by atoms with Crippen molar-refractivity contribution in [2.24, 2.45) is 0 Å². The normalized spacial score (nSPS) is 11.7. The van der Waals surface area contributed by atoms with Crippen molar-refractivity contribution in [1.82, 2.24) is 5.32 Å². The average molecular weight is 669 g/mol. The van der Waals surface area contributed by atoms with Gasteiger partial charge in [-0.2, -0.15) is 12.6 Å². The lowest BCUT2D eigenvalue weighted by Crippen LogP contribution is -2.35. The van der Waals surface area contributed by atoms with Crippen LogP contribution in [-0.4, -0.2) is 114 Å². The number of amides is 2. The Hall–Kier alpha value is -2.69. The van der Waals surface area contributed by atoms with E-state index >= 15 is 0 Å². The topological polar surface area (TPSA) is 151 Å². The molecule has 12 nitrogen and oxygen atoms in total. The average Bonchev–Trinajstić information content (AvgIpc) is 3.02. The zero-order valence-electron chi connectivity index (χ0n) is 25.4. The fraction of sp³-hybridized carbons (Fsp3) is 0.516. The van der Waals surface area contributed by atoms with Crippen LogP contribution in [0.5, 0.6) is 0 Å². The highest BCUT2D eigenvalue weighted by atomic mass is 32.2. The van der Waals surface area contributed by atoms with Crippen molar-refractivity contribution in [3.63, 3.8) is 0 Å². The molecule has 0 saturated carbocycles. The number of carboxylic acids is 1. The second kappa shape index (κ2) is 25.5. The maximum absolute atomic E-state index is 12.2. The molecule has 0 aromatic heterocycles. The van der Waals surface area contributed by atoms with Gasteiger partial charge in [0.2, 0.25) is 11.8 Å². The van der Waals surface area contributed by atoms with E-state index in [9.17, 15) is 14.4 Å². The fourth-order valence-electron chi connectivity index (χ4n) is 3.47. The molecule has 0 aliphatic rings. The fourth-order valence-corrected chi connectivity index (χ4v) is 4.62. The molecule has 1 unspecified atom stereocenters. The van der Waals surface area contributed by atoms with E-state index < -0.39 is 17.1 Å². The minimum Gasteiger partial charge on any atom is -0.481 e. The van der Waals surface area contributed by atoms with Crippen LogP contribution in [0.25, 0.3) is 0 Å². The van der Waals surface area contributed by atoms with Gasteiger partial charge < -0.3 is 44.2 Å². The maximum Gasteiger partial charge on any atom is 0.304 e. The van der Waals surface area contributed by atoms with Gasteiger partial charge in [0.1, 0.15) is 0 Å². The van der Waals surface area contributed by atoms with Crippen LogP contribution in [0.2, 0.25) is 0 Å². The van der Waals surface area contributed by atoms with Crippen LogP contribution in [-0.2, 0) is 42.8 Å². The molecule has 0 spiro atoms. The lowest BCUT2D eigenvalue weighted by molar-refractivity contribution is -0.138. The predicted molar refractivity (Wildman–Crippen MR) is 173 cm³/mol. The molecule has 2 aromatic rings. The molecule has 2 amide bonds. The summed E-state index contributed by atoms with van der Waals surface area (Å²) in [5, 5.41) is 13.2. The number of carbonyl (C=O) groups excluding carboxylic acids is 2. The van der Waals surface area contributed by atoms with Gasteiger partial charge in [-0.05, 0) is 30.3 Å². The molecule has 45 heavy (non-hydrogen) atoms. The molecule has 0 radical (unpaired) electrons. The Kier molecular flexibility index (Phi) is 21.8. The highest BCUT2D eigenvalue weighted by molar-refractivity contribution is 7.99. The number of rotatable bonds is 27. The van der Waals surface area contributed by atoms with Crippen molar-refractivity contribution < 1.29 is 47.9 Å². The first-order chi connectivity index (χ1) is 21.9. The van der Waals surface area contributed by atoms with Crippen molar-refractivity contribution in [2.75, 3.05) is 91.1 Å². The van der Waals surface area contributed by atoms with E-state index in [1.807, 2.05) is 54.6 Å². The highest BCUT2D eigenvalue weighted by Crippen LogP contribution is 2.29. The van der Waals surface area contributed by atoms with Crippen molar-refractivity contribution in [3.8, 4) is 0 Å². The quantitative estimate of drug-likeness (QED) is 0.0821. The molecule has 14 heteroatoms. The molecule has 0 saturated heterocycles. The molecule has 2 rings (SSSR count). The van der Waals surface area contributed by atoms with Crippen LogP contribution < -0.4 is 10.6 Å². The van der Waals surface area contributed by atoms with Crippen LogP contribution in [0.15, 0.2) is 64.4 Å². The Balaban J connectivity index is 1.29. The minimum absolute atomic E-state index is 0.103. The molecule has 3 N–H and O–H groups in total.